The fourth-order valence-electron chi connectivity index (χ4n) is 3.52. The Morgan fingerprint density at radius 3 is 2.69 bits per heavy atom. The fourth-order valence-corrected chi connectivity index (χ4v) is 4.52. The number of amides is 2. The zero-order chi connectivity index (χ0) is 23.1. The number of hydrogen-bond donors (Lipinski definition) is 1. The van der Waals surface area contributed by atoms with E-state index in [0.717, 1.165) is 42.8 Å². The van der Waals surface area contributed by atoms with Gasteiger partial charge in [-0.2, -0.15) is 5.26 Å². The van der Waals surface area contributed by atoms with Crippen LogP contribution < -0.4 is 5.32 Å². The van der Waals surface area contributed by atoms with E-state index in [1.54, 1.807) is 36.5 Å². The minimum absolute atomic E-state index is 0.00536. The van der Waals surface area contributed by atoms with E-state index in [1.165, 1.54) is 6.42 Å². The summed E-state index contributed by atoms with van der Waals surface area (Å²) in [6.45, 7) is 5.98. The van der Waals surface area contributed by atoms with Gasteiger partial charge in [0.25, 0.3) is 11.8 Å². The molecule has 1 aromatic carbocycles. The number of thiophene rings is 1. The highest BCUT2D eigenvalue weighted by Crippen LogP contribution is 2.31. The summed E-state index contributed by atoms with van der Waals surface area (Å²) in [6, 6.07) is 11.1. The van der Waals surface area contributed by atoms with Gasteiger partial charge in [0.15, 0.2) is 0 Å². The number of aliphatic imine (C=N–C) groups is 1. The molecule has 168 valence electrons. The number of benzene rings is 1. The molecule has 0 atom stereocenters. The monoisotopic (exact) mass is 451 g/mol. The van der Waals surface area contributed by atoms with Gasteiger partial charge in [0.05, 0.1) is 28.5 Å². The lowest BCUT2D eigenvalue weighted by Gasteiger charge is -2.23. The van der Waals surface area contributed by atoms with E-state index < -0.39 is 0 Å². The van der Waals surface area contributed by atoms with Crippen LogP contribution in [0.25, 0.3) is 0 Å². The maximum atomic E-state index is 13.3. The van der Waals surface area contributed by atoms with Crippen molar-refractivity contribution in [2.24, 2.45) is 4.99 Å². The third-order valence-corrected chi connectivity index (χ3v) is 6.30. The summed E-state index contributed by atoms with van der Waals surface area (Å²) >= 11 is 1.15. The molecule has 1 saturated heterocycles. The second kappa shape index (κ2) is 10.9. The molecule has 3 rings (SSSR count). The Bertz CT molecular complexity index is 1030. The molecule has 8 heteroatoms. The predicted octanol–water partition coefficient (Wildman–Crippen LogP) is 4.18. The quantitative estimate of drug-likeness (QED) is 0.505. The van der Waals surface area contributed by atoms with Crippen molar-refractivity contribution >= 4 is 35.2 Å². The molecule has 1 aliphatic heterocycles. The molecule has 0 unspecified atom stereocenters. The number of rotatable bonds is 7. The predicted molar refractivity (Wildman–Crippen MR) is 127 cm³/mol. The van der Waals surface area contributed by atoms with Crippen LogP contribution in [0.2, 0.25) is 0 Å². The maximum absolute atomic E-state index is 13.3. The molecule has 1 aromatic heterocycles. The van der Waals surface area contributed by atoms with E-state index >= 15 is 0 Å². The zero-order valence-corrected chi connectivity index (χ0v) is 19.6. The zero-order valence-electron chi connectivity index (χ0n) is 18.8. The smallest absolute Gasteiger partial charge is 0.266 e. The summed E-state index contributed by atoms with van der Waals surface area (Å²) < 4.78 is 0. The van der Waals surface area contributed by atoms with Gasteiger partial charge in [-0.1, -0.05) is 18.2 Å². The van der Waals surface area contributed by atoms with Crippen molar-refractivity contribution in [2.45, 2.75) is 45.7 Å². The molecule has 7 nitrogen and oxygen atoms in total. The molecule has 32 heavy (non-hydrogen) atoms. The third kappa shape index (κ3) is 5.95. The molecule has 0 saturated carbocycles. The van der Waals surface area contributed by atoms with Gasteiger partial charge in [0, 0.05) is 32.7 Å². The van der Waals surface area contributed by atoms with Crippen molar-refractivity contribution in [1.29, 1.82) is 5.26 Å². The first-order chi connectivity index (χ1) is 15.4. The minimum Gasteiger partial charge on any atom is -0.363 e. The molecule has 2 amide bonds. The van der Waals surface area contributed by atoms with Gasteiger partial charge in [-0.25, -0.2) is 4.99 Å². The van der Waals surface area contributed by atoms with Crippen LogP contribution in [0.15, 0.2) is 35.3 Å². The first kappa shape index (κ1) is 23.5. The van der Waals surface area contributed by atoms with E-state index in [1.807, 2.05) is 26.0 Å². The lowest BCUT2D eigenvalue weighted by molar-refractivity contribution is 0.0790. The number of piperidine rings is 1. The summed E-state index contributed by atoms with van der Waals surface area (Å²) in [5.41, 5.74) is 1.82. The maximum Gasteiger partial charge on any atom is 0.266 e. The second-order valence-electron chi connectivity index (χ2n) is 8.22. The Balaban J connectivity index is 1.86. The van der Waals surface area contributed by atoms with E-state index in [0.29, 0.717) is 27.5 Å². The van der Waals surface area contributed by atoms with Gasteiger partial charge < -0.3 is 15.1 Å². The Morgan fingerprint density at radius 1 is 1.28 bits per heavy atom. The standard InChI is InChI=1S/C24H29N5O2S/c1-17(2)27-23(30)21-13-20(26-16-29-11-7-4-8-12-29)22(32-21)24(31)28(3)15-19-10-6-5-9-18(19)14-25/h5-6,9-10,13,16-17H,4,7-8,11-12,15H2,1-3H3,(H,27,30)/b26-16+. The van der Waals surface area contributed by atoms with Crippen molar-refractivity contribution in [1.82, 2.24) is 15.1 Å². The molecule has 1 fully saturated rings. The number of nitrogens with one attached hydrogen (secondary N) is 1. The number of nitrogens with zero attached hydrogens (tertiary/aromatic N) is 4. The highest BCUT2D eigenvalue weighted by atomic mass is 32.1. The Kier molecular flexibility index (Phi) is 8.01. The molecular formula is C24H29N5O2S. The summed E-state index contributed by atoms with van der Waals surface area (Å²) in [5, 5.41) is 12.2. The molecule has 1 aliphatic rings. The first-order valence-electron chi connectivity index (χ1n) is 10.9. The fraction of sp³-hybridized carbons (Fsp3) is 0.417. The van der Waals surface area contributed by atoms with Gasteiger partial charge in [0.1, 0.15) is 4.88 Å². The van der Waals surface area contributed by atoms with Gasteiger partial charge >= 0.3 is 0 Å². The summed E-state index contributed by atoms with van der Waals surface area (Å²) in [7, 11) is 1.70. The molecule has 1 N–H and O–H groups in total. The summed E-state index contributed by atoms with van der Waals surface area (Å²) in [5.74, 6) is -0.437. The molecular weight excluding hydrogens is 422 g/mol. The van der Waals surface area contributed by atoms with Crippen LogP contribution in [0.5, 0.6) is 0 Å². The van der Waals surface area contributed by atoms with E-state index in [2.05, 4.69) is 21.3 Å². The Morgan fingerprint density at radius 2 is 2.00 bits per heavy atom. The van der Waals surface area contributed by atoms with Crippen LogP contribution >= 0.6 is 11.3 Å². The van der Waals surface area contributed by atoms with Gasteiger partial charge in [-0.3, -0.25) is 9.59 Å². The van der Waals surface area contributed by atoms with Crippen LogP contribution in [0.1, 0.15) is 63.6 Å². The molecule has 0 radical (unpaired) electrons. The SMILES string of the molecule is CC(C)NC(=O)c1cc(/N=C/N2CCCCC2)c(C(=O)N(C)Cc2ccccc2C#N)s1. The Labute approximate surface area is 193 Å². The van der Waals surface area contributed by atoms with Crippen molar-refractivity contribution in [3.05, 3.63) is 51.2 Å². The number of likely N-dealkylation sites (tertiary alicyclic amines) is 1. The number of nitriles is 1. The molecule has 2 aromatic rings. The average molecular weight is 452 g/mol. The van der Waals surface area contributed by atoms with Crippen LogP contribution in [-0.2, 0) is 6.54 Å². The van der Waals surface area contributed by atoms with Crippen LogP contribution in [-0.4, -0.2) is 54.1 Å². The van der Waals surface area contributed by atoms with Crippen molar-refractivity contribution in [3.8, 4) is 6.07 Å². The topological polar surface area (TPSA) is 88.8 Å². The van der Waals surface area contributed by atoms with E-state index in [4.69, 9.17) is 0 Å². The van der Waals surface area contributed by atoms with Crippen LogP contribution in [0.4, 0.5) is 5.69 Å². The van der Waals surface area contributed by atoms with Gasteiger partial charge in [-0.05, 0) is 50.8 Å². The van der Waals surface area contributed by atoms with Crippen molar-refractivity contribution < 1.29 is 9.59 Å². The highest BCUT2D eigenvalue weighted by molar-refractivity contribution is 7.16. The number of hydrogen-bond acceptors (Lipinski definition) is 5. The normalized spacial score (nSPS) is 13.9. The van der Waals surface area contributed by atoms with Crippen molar-refractivity contribution in [2.75, 3.05) is 20.1 Å². The number of carbonyl (C=O) groups is 2. The molecule has 2 heterocycles. The van der Waals surface area contributed by atoms with Gasteiger partial charge in [-0.15, -0.1) is 11.3 Å². The summed E-state index contributed by atoms with van der Waals surface area (Å²) in [4.78, 5) is 35.1. The summed E-state index contributed by atoms with van der Waals surface area (Å²) in [6.07, 6.45) is 5.27. The second-order valence-corrected chi connectivity index (χ2v) is 9.28. The lowest BCUT2D eigenvalue weighted by Crippen LogP contribution is -2.29. The van der Waals surface area contributed by atoms with E-state index in [-0.39, 0.29) is 17.9 Å². The number of carbonyl (C=O) groups excluding carboxylic acids is 2. The largest absolute Gasteiger partial charge is 0.363 e. The van der Waals surface area contributed by atoms with Crippen LogP contribution in [0.3, 0.4) is 0 Å². The molecule has 0 spiro atoms. The van der Waals surface area contributed by atoms with Crippen LogP contribution in [0, 0.1) is 11.3 Å². The average Bonchev–Trinajstić information content (AvgIpc) is 3.22. The molecule has 0 aliphatic carbocycles. The molecule has 0 bridgehead atoms. The first-order valence-corrected chi connectivity index (χ1v) is 11.7. The van der Waals surface area contributed by atoms with E-state index in [9.17, 15) is 14.9 Å². The minimum atomic E-state index is -0.225. The van der Waals surface area contributed by atoms with Crippen molar-refractivity contribution in [3.63, 3.8) is 0 Å². The highest BCUT2D eigenvalue weighted by Gasteiger charge is 2.23. The Hall–Kier alpha value is -3.18. The van der Waals surface area contributed by atoms with Gasteiger partial charge in [0.2, 0.25) is 0 Å². The lowest BCUT2D eigenvalue weighted by atomic mass is 10.1. The third-order valence-electron chi connectivity index (χ3n) is 5.19.